The molecule has 2 aliphatic rings. The Kier molecular flexibility index (Phi) is 10.2. The fourth-order valence-electron chi connectivity index (χ4n) is 5.73. The second-order valence-corrected chi connectivity index (χ2v) is 11.9. The number of aryl methyl sites for hydroxylation is 1. The molecule has 1 fully saturated rings. The molecule has 0 unspecified atom stereocenters. The summed E-state index contributed by atoms with van der Waals surface area (Å²) in [6.45, 7) is 4.00. The Morgan fingerprint density at radius 2 is 1.96 bits per heavy atom. The molecule has 258 valence electrons. The molecule has 12 nitrogen and oxygen atoms in total. The van der Waals surface area contributed by atoms with Gasteiger partial charge in [-0.15, -0.1) is 0 Å². The standard InChI is InChI=1S/C33H39F3N6O6/c1-5-47-30(44)32-19-21(32)10-8-6-7-9-15-41(3)31(45)37-23(29(43)39-32)14-17-48-25-18-27(42-16-13-26(40-42)33(34,35)36)38-28-20(2)24(46-4)12-11-22(25)28/h8,10-13,16,18,21,23H,5-7,9,14-15,17,19H2,1-4H3,(H,37,45)(H,39,43)/b10-8-/t21-,23+,32-/m1/s1. The molecule has 5 rings (SSSR count). The van der Waals surface area contributed by atoms with Gasteiger partial charge in [-0.1, -0.05) is 12.2 Å². The first-order valence-corrected chi connectivity index (χ1v) is 15.8. The lowest BCUT2D eigenvalue weighted by atomic mass is 10.1. The largest absolute Gasteiger partial charge is 0.496 e. The molecule has 3 aromatic rings. The molecule has 1 saturated carbocycles. The van der Waals surface area contributed by atoms with Gasteiger partial charge in [-0.2, -0.15) is 18.3 Å². The Labute approximate surface area is 275 Å². The lowest BCUT2D eigenvalue weighted by molar-refractivity contribution is -0.149. The summed E-state index contributed by atoms with van der Waals surface area (Å²) in [5, 5.41) is 9.83. The number of halogens is 3. The van der Waals surface area contributed by atoms with Gasteiger partial charge in [0.2, 0.25) is 5.91 Å². The van der Waals surface area contributed by atoms with Crippen LogP contribution in [0.4, 0.5) is 18.0 Å². The zero-order valence-corrected chi connectivity index (χ0v) is 27.2. The van der Waals surface area contributed by atoms with E-state index >= 15 is 0 Å². The van der Waals surface area contributed by atoms with Crippen LogP contribution >= 0.6 is 0 Å². The number of urea groups is 1. The number of esters is 1. The Balaban J connectivity index is 1.43. The third-order valence-corrected chi connectivity index (χ3v) is 8.58. The van der Waals surface area contributed by atoms with Gasteiger partial charge < -0.3 is 29.7 Å². The molecule has 1 aromatic carbocycles. The van der Waals surface area contributed by atoms with E-state index in [-0.39, 0.29) is 37.1 Å². The molecule has 3 heterocycles. The number of pyridine rings is 1. The highest BCUT2D eigenvalue weighted by Gasteiger charge is 2.61. The summed E-state index contributed by atoms with van der Waals surface area (Å²) in [5.74, 6) is -0.489. The number of rotatable bonds is 8. The maximum absolute atomic E-state index is 13.7. The van der Waals surface area contributed by atoms with Crippen LogP contribution in [-0.2, 0) is 20.5 Å². The Morgan fingerprint density at radius 3 is 2.67 bits per heavy atom. The van der Waals surface area contributed by atoms with Gasteiger partial charge in [0.05, 0.1) is 25.8 Å². The number of carbonyl (C=O) groups is 3. The molecule has 3 amide bonds. The number of benzene rings is 1. The lowest BCUT2D eigenvalue weighted by Crippen LogP contribution is -2.56. The number of nitrogens with one attached hydrogen (secondary N) is 2. The Morgan fingerprint density at radius 1 is 1.17 bits per heavy atom. The molecular formula is C33H39F3N6O6. The van der Waals surface area contributed by atoms with Crippen molar-refractivity contribution < 1.29 is 41.8 Å². The van der Waals surface area contributed by atoms with Gasteiger partial charge in [-0.25, -0.2) is 19.3 Å². The molecule has 3 atom stereocenters. The molecule has 48 heavy (non-hydrogen) atoms. The van der Waals surface area contributed by atoms with Crippen LogP contribution in [0.15, 0.2) is 42.6 Å². The summed E-state index contributed by atoms with van der Waals surface area (Å²) in [4.78, 5) is 45.9. The summed E-state index contributed by atoms with van der Waals surface area (Å²) < 4.78 is 57.9. The molecule has 0 spiro atoms. The predicted molar refractivity (Wildman–Crippen MR) is 169 cm³/mol. The zero-order chi connectivity index (χ0) is 34.6. The average Bonchev–Trinajstić information content (AvgIpc) is 3.49. The Bertz CT molecular complexity index is 1710. The van der Waals surface area contributed by atoms with E-state index in [9.17, 15) is 27.6 Å². The topological polar surface area (TPSA) is 137 Å². The maximum atomic E-state index is 13.7. The van der Waals surface area contributed by atoms with Crippen LogP contribution in [0.3, 0.4) is 0 Å². The predicted octanol–water partition coefficient (Wildman–Crippen LogP) is 4.71. The minimum Gasteiger partial charge on any atom is -0.496 e. The number of allylic oxidation sites excluding steroid dienone is 1. The number of carbonyl (C=O) groups excluding carboxylic acids is 3. The minimum atomic E-state index is -4.64. The summed E-state index contributed by atoms with van der Waals surface area (Å²) >= 11 is 0. The number of methoxy groups -OCH3 is 1. The first-order valence-electron chi connectivity index (χ1n) is 15.8. The van der Waals surface area contributed by atoms with Crippen LogP contribution in [0.25, 0.3) is 16.7 Å². The molecule has 15 heteroatoms. The smallest absolute Gasteiger partial charge is 0.435 e. The van der Waals surface area contributed by atoms with Gasteiger partial charge in [0, 0.05) is 49.1 Å². The highest BCUT2D eigenvalue weighted by molar-refractivity contribution is 5.95. The van der Waals surface area contributed by atoms with Gasteiger partial charge in [-0.3, -0.25) is 4.79 Å². The van der Waals surface area contributed by atoms with Crippen molar-refractivity contribution in [2.45, 2.75) is 63.7 Å². The number of hydrogen-bond donors (Lipinski definition) is 2. The average molecular weight is 673 g/mol. The van der Waals surface area contributed by atoms with Crippen LogP contribution in [0.2, 0.25) is 0 Å². The van der Waals surface area contributed by atoms with Crippen molar-refractivity contribution in [3.63, 3.8) is 0 Å². The lowest BCUT2D eigenvalue weighted by Gasteiger charge is -2.26. The van der Waals surface area contributed by atoms with E-state index in [1.54, 1.807) is 33.0 Å². The molecule has 0 radical (unpaired) electrons. The summed E-state index contributed by atoms with van der Waals surface area (Å²) in [6, 6.07) is 4.19. The van der Waals surface area contributed by atoms with Crippen LogP contribution in [0.5, 0.6) is 11.5 Å². The van der Waals surface area contributed by atoms with Gasteiger partial charge in [-0.05, 0) is 57.7 Å². The fourth-order valence-corrected chi connectivity index (χ4v) is 5.73. The molecule has 2 aromatic heterocycles. The second-order valence-electron chi connectivity index (χ2n) is 11.9. The van der Waals surface area contributed by atoms with Gasteiger partial charge in [0.1, 0.15) is 23.1 Å². The summed E-state index contributed by atoms with van der Waals surface area (Å²) in [6.07, 6.45) is 3.19. The molecule has 1 aliphatic heterocycles. The molecule has 0 bridgehead atoms. The van der Waals surface area contributed by atoms with Crippen LogP contribution in [0.1, 0.15) is 50.3 Å². The van der Waals surface area contributed by atoms with E-state index in [0.717, 1.165) is 36.2 Å². The van der Waals surface area contributed by atoms with Gasteiger partial charge in [0.15, 0.2) is 11.5 Å². The second kappa shape index (κ2) is 14.1. The van der Waals surface area contributed by atoms with E-state index in [1.165, 1.54) is 18.1 Å². The minimum absolute atomic E-state index is 0.000890. The van der Waals surface area contributed by atoms with E-state index in [1.807, 2.05) is 12.2 Å². The summed E-state index contributed by atoms with van der Waals surface area (Å²) in [5.41, 5.74) is -1.26. The van der Waals surface area contributed by atoms with Crippen molar-refractivity contribution in [2.75, 3.05) is 33.9 Å². The van der Waals surface area contributed by atoms with E-state index in [0.29, 0.717) is 35.2 Å². The normalized spacial score (nSPS) is 22.6. The zero-order valence-electron chi connectivity index (χ0n) is 27.2. The fraction of sp³-hybridized carbons (Fsp3) is 0.485. The van der Waals surface area contributed by atoms with Crippen molar-refractivity contribution in [1.29, 1.82) is 0 Å². The van der Waals surface area contributed by atoms with E-state index in [4.69, 9.17) is 14.2 Å². The molecule has 2 N–H and O–H groups in total. The molecule has 0 saturated heterocycles. The van der Waals surface area contributed by atoms with Gasteiger partial charge in [0.25, 0.3) is 0 Å². The highest BCUT2D eigenvalue weighted by Crippen LogP contribution is 2.46. The number of alkyl halides is 3. The van der Waals surface area contributed by atoms with Crippen molar-refractivity contribution in [1.82, 2.24) is 30.3 Å². The van der Waals surface area contributed by atoms with Crippen LogP contribution < -0.4 is 20.1 Å². The van der Waals surface area contributed by atoms with Crippen molar-refractivity contribution in [3.05, 3.63) is 53.9 Å². The van der Waals surface area contributed by atoms with E-state index in [2.05, 4.69) is 20.7 Å². The van der Waals surface area contributed by atoms with Crippen molar-refractivity contribution in [2.24, 2.45) is 5.92 Å². The molecular weight excluding hydrogens is 633 g/mol. The van der Waals surface area contributed by atoms with Gasteiger partial charge >= 0.3 is 18.2 Å². The van der Waals surface area contributed by atoms with Crippen molar-refractivity contribution in [3.8, 4) is 17.3 Å². The number of nitrogens with zero attached hydrogens (tertiary/aromatic N) is 4. The van der Waals surface area contributed by atoms with Crippen molar-refractivity contribution >= 4 is 28.8 Å². The summed E-state index contributed by atoms with van der Waals surface area (Å²) in [7, 11) is 3.13. The number of aromatic nitrogens is 3. The highest BCUT2D eigenvalue weighted by atomic mass is 19.4. The number of ether oxygens (including phenoxy) is 3. The first kappa shape index (κ1) is 34.5. The quantitative estimate of drug-likeness (QED) is 0.259. The Hall–Kier alpha value is -4.82. The van der Waals surface area contributed by atoms with Crippen LogP contribution in [-0.4, -0.2) is 83.1 Å². The first-order chi connectivity index (χ1) is 22.9. The molecule has 1 aliphatic carbocycles. The number of amides is 3. The van der Waals surface area contributed by atoms with Crippen LogP contribution in [0, 0.1) is 12.8 Å². The maximum Gasteiger partial charge on any atom is 0.435 e. The third kappa shape index (κ3) is 7.34. The SMILES string of the molecule is CCOC(=O)[C@@]12C[C@H]1/C=C\CCCCN(C)C(=O)N[C@@H](CCOc1cc(-n3ccc(C(F)(F)F)n3)nc3c(C)c(OC)ccc13)C(=O)N2. The van der Waals surface area contributed by atoms with E-state index < -0.39 is 41.4 Å². The number of hydrogen-bond acceptors (Lipinski definition) is 8. The third-order valence-electron chi connectivity index (χ3n) is 8.58. The monoisotopic (exact) mass is 672 g/mol. The number of fused-ring (bicyclic) bond motifs is 2.